The van der Waals surface area contributed by atoms with Crippen LogP contribution in [0.2, 0.25) is 0 Å². The highest BCUT2D eigenvalue weighted by Crippen LogP contribution is 2.26. The zero-order valence-electron chi connectivity index (χ0n) is 17.2. The number of carbonyl (C=O) groups is 1. The number of aryl methyl sites for hydroxylation is 2. The zero-order chi connectivity index (χ0) is 20.4. The van der Waals surface area contributed by atoms with E-state index in [0.717, 1.165) is 40.8 Å². The Kier molecular flexibility index (Phi) is 5.47. The van der Waals surface area contributed by atoms with E-state index in [9.17, 15) is 4.79 Å². The zero-order valence-corrected chi connectivity index (χ0v) is 17.2. The Labute approximate surface area is 170 Å². The molecule has 7 nitrogen and oxygen atoms in total. The quantitative estimate of drug-likeness (QED) is 0.717. The molecule has 0 spiro atoms. The van der Waals surface area contributed by atoms with E-state index in [2.05, 4.69) is 27.1 Å². The van der Waals surface area contributed by atoms with Crippen LogP contribution >= 0.6 is 0 Å². The summed E-state index contributed by atoms with van der Waals surface area (Å²) in [6.07, 6.45) is 3.85. The molecular weight excluding hydrogens is 366 g/mol. The lowest BCUT2D eigenvalue weighted by Crippen LogP contribution is -2.42. The van der Waals surface area contributed by atoms with Crippen LogP contribution < -0.4 is 4.74 Å². The van der Waals surface area contributed by atoms with Gasteiger partial charge in [-0.15, -0.1) is 0 Å². The second-order valence-corrected chi connectivity index (χ2v) is 7.85. The van der Waals surface area contributed by atoms with E-state index in [1.165, 1.54) is 0 Å². The molecule has 1 aliphatic rings. The van der Waals surface area contributed by atoms with E-state index < -0.39 is 0 Å². The molecule has 152 valence electrons. The van der Waals surface area contributed by atoms with Crippen LogP contribution in [-0.4, -0.2) is 50.2 Å². The average Bonchev–Trinajstić information content (AvgIpc) is 3.06. The van der Waals surface area contributed by atoms with E-state index >= 15 is 0 Å². The number of piperidine rings is 1. The Balaban J connectivity index is 1.31. The van der Waals surface area contributed by atoms with Crippen molar-refractivity contribution in [3.63, 3.8) is 0 Å². The van der Waals surface area contributed by atoms with Crippen molar-refractivity contribution < 1.29 is 9.53 Å². The number of hydrogen-bond donors (Lipinski definition) is 1. The molecule has 0 radical (unpaired) electrons. The van der Waals surface area contributed by atoms with E-state index in [1.54, 1.807) is 6.20 Å². The van der Waals surface area contributed by atoms with Gasteiger partial charge < -0.3 is 9.64 Å². The maximum atomic E-state index is 12.8. The van der Waals surface area contributed by atoms with Gasteiger partial charge in [-0.25, -0.2) is 9.97 Å². The Bertz CT molecular complexity index is 988. The van der Waals surface area contributed by atoms with Crippen LogP contribution in [0.5, 0.6) is 5.88 Å². The lowest BCUT2D eigenvalue weighted by molar-refractivity contribution is -0.133. The van der Waals surface area contributed by atoms with Crippen LogP contribution in [0.4, 0.5) is 0 Å². The predicted octanol–water partition coefficient (Wildman–Crippen LogP) is 3.53. The second kappa shape index (κ2) is 8.19. The molecule has 0 unspecified atom stereocenters. The number of benzene rings is 1. The first-order valence-corrected chi connectivity index (χ1v) is 10.2. The first-order valence-electron chi connectivity index (χ1n) is 10.2. The van der Waals surface area contributed by atoms with Crippen molar-refractivity contribution in [3.8, 4) is 5.88 Å². The number of likely N-dealkylation sites (tertiary alicyclic amines) is 1. The topological polar surface area (TPSA) is 84.0 Å². The third kappa shape index (κ3) is 4.23. The molecule has 1 saturated heterocycles. The molecule has 2 aromatic heterocycles. The monoisotopic (exact) mass is 393 g/mol. The summed E-state index contributed by atoms with van der Waals surface area (Å²) < 4.78 is 6.04. The number of hydrogen-bond acceptors (Lipinski definition) is 5. The van der Waals surface area contributed by atoms with E-state index in [-0.39, 0.29) is 17.9 Å². The molecule has 0 aliphatic carbocycles. The summed E-state index contributed by atoms with van der Waals surface area (Å²) in [6.45, 7) is 7.51. The van der Waals surface area contributed by atoms with Gasteiger partial charge >= 0.3 is 0 Å². The Morgan fingerprint density at radius 2 is 1.97 bits per heavy atom. The number of H-pyrrole nitrogens is 1. The predicted molar refractivity (Wildman–Crippen MR) is 111 cm³/mol. The van der Waals surface area contributed by atoms with E-state index in [1.807, 2.05) is 43.0 Å². The maximum absolute atomic E-state index is 12.8. The summed E-state index contributed by atoms with van der Waals surface area (Å²) in [5.74, 6) is 0.901. The van der Waals surface area contributed by atoms with Gasteiger partial charge in [-0.1, -0.05) is 19.1 Å². The van der Waals surface area contributed by atoms with Gasteiger partial charge in [-0.05, 0) is 37.5 Å². The molecule has 1 amide bonds. The molecule has 1 atom stereocenters. The van der Waals surface area contributed by atoms with Crippen LogP contribution in [-0.2, 0) is 4.79 Å². The minimum absolute atomic E-state index is 0.0605. The summed E-state index contributed by atoms with van der Waals surface area (Å²) in [4.78, 5) is 23.7. The van der Waals surface area contributed by atoms with Crippen molar-refractivity contribution in [2.24, 2.45) is 0 Å². The van der Waals surface area contributed by atoms with Crippen molar-refractivity contribution in [3.05, 3.63) is 47.4 Å². The number of aromatic nitrogens is 4. The molecule has 7 heteroatoms. The maximum Gasteiger partial charge on any atom is 0.233 e. The lowest BCUT2D eigenvalue weighted by atomic mass is 9.95. The number of amides is 1. The van der Waals surface area contributed by atoms with Gasteiger partial charge in [-0.2, -0.15) is 5.10 Å². The molecule has 4 rings (SSSR count). The number of nitrogens with one attached hydrogen (secondary N) is 1. The van der Waals surface area contributed by atoms with Gasteiger partial charge in [0, 0.05) is 38.0 Å². The SMILES string of the molecule is Cc1n[nH]c(C)c1[C@@H](C)CC(=O)N1CCC(Oc2cnc3ccccc3n2)CC1. The van der Waals surface area contributed by atoms with Crippen LogP contribution in [0.3, 0.4) is 0 Å². The third-order valence-electron chi connectivity index (χ3n) is 5.67. The van der Waals surface area contributed by atoms with Gasteiger partial charge in [0.05, 0.1) is 22.9 Å². The summed E-state index contributed by atoms with van der Waals surface area (Å²) in [5.41, 5.74) is 4.87. The van der Waals surface area contributed by atoms with Crippen molar-refractivity contribution in [2.75, 3.05) is 13.1 Å². The fourth-order valence-electron chi connectivity index (χ4n) is 4.17. The van der Waals surface area contributed by atoms with E-state index in [4.69, 9.17) is 4.74 Å². The molecule has 1 aromatic carbocycles. The highest BCUT2D eigenvalue weighted by Gasteiger charge is 2.26. The van der Waals surface area contributed by atoms with Gasteiger partial charge in [0.1, 0.15) is 6.10 Å². The second-order valence-electron chi connectivity index (χ2n) is 7.85. The lowest BCUT2D eigenvalue weighted by Gasteiger charge is -2.32. The normalized spacial score (nSPS) is 16.2. The number of aromatic amines is 1. The molecular formula is C22H27N5O2. The minimum Gasteiger partial charge on any atom is -0.473 e. The van der Waals surface area contributed by atoms with Crippen molar-refractivity contribution in [1.82, 2.24) is 25.1 Å². The number of ether oxygens (including phenoxy) is 1. The van der Waals surface area contributed by atoms with Crippen LogP contribution in [0, 0.1) is 13.8 Å². The van der Waals surface area contributed by atoms with Crippen LogP contribution in [0.1, 0.15) is 49.1 Å². The highest BCUT2D eigenvalue weighted by molar-refractivity contribution is 5.77. The Morgan fingerprint density at radius 1 is 1.24 bits per heavy atom. The van der Waals surface area contributed by atoms with Crippen molar-refractivity contribution in [2.45, 2.75) is 52.1 Å². The van der Waals surface area contributed by atoms with Crippen LogP contribution in [0.15, 0.2) is 30.5 Å². The molecule has 0 saturated carbocycles. The number of nitrogens with zero attached hydrogens (tertiary/aromatic N) is 4. The smallest absolute Gasteiger partial charge is 0.233 e. The third-order valence-corrected chi connectivity index (χ3v) is 5.67. The highest BCUT2D eigenvalue weighted by atomic mass is 16.5. The molecule has 1 N–H and O–H groups in total. The number of fused-ring (bicyclic) bond motifs is 1. The van der Waals surface area contributed by atoms with Gasteiger partial charge in [0.2, 0.25) is 11.8 Å². The summed E-state index contributed by atoms with van der Waals surface area (Å²) in [6, 6.07) is 7.75. The summed E-state index contributed by atoms with van der Waals surface area (Å²) >= 11 is 0. The number of para-hydroxylation sites is 2. The number of rotatable bonds is 5. The first kappa shape index (κ1) is 19.4. The largest absolute Gasteiger partial charge is 0.473 e. The molecule has 3 aromatic rings. The molecule has 29 heavy (non-hydrogen) atoms. The Hall–Kier alpha value is -2.96. The first-order chi connectivity index (χ1) is 14.0. The van der Waals surface area contributed by atoms with Gasteiger partial charge in [-0.3, -0.25) is 9.89 Å². The molecule has 1 fully saturated rings. The summed E-state index contributed by atoms with van der Waals surface area (Å²) in [7, 11) is 0. The number of carbonyl (C=O) groups excluding carboxylic acids is 1. The standard InChI is InChI=1S/C22H27N5O2/c1-14(22-15(2)25-26-16(22)3)12-21(28)27-10-8-17(9-11-27)29-20-13-23-18-6-4-5-7-19(18)24-20/h4-7,13-14,17H,8-12H2,1-3H3,(H,25,26)/t14-/m0/s1. The molecule has 0 bridgehead atoms. The average molecular weight is 393 g/mol. The van der Waals surface area contributed by atoms with Crippen LogP contribution in [0.25, 0.3) is 11.0 Å². The fourth-order valence-corrected chi connectivity index (χ4v) is 4.17. The molecule has 3 heterocycles. The molecule has 1 aliphatic heterocycles. The summed E-state index contributed by atoms with van der Waals surface area (Å²) in [5, 5.41) is 7.26. The van der Waals surface area contributed by atoms with E-state index in [0.29, 0.717) is 25.4 Å². The van der Waals surface area contributed by atoms with Gasteiger partial charge in [0.15, 0.2) is 0 Å². The minimum atomic E-state index is 0.0605. The van der Waals surface area contributed by atoms with Crippen molar-refractivity contribution in [1.29, 1.82) is 0 Å². The fraction of sp³-hybridized carbons (Fsp3) is 0.455. The van der Waals surface area contributed by atoms with Crippen molar-refractivity contribution >= 4 is 16.9 Å². The van der Waals surface area contributed by atoms with Gasteiger partial charge in [0.25, 0.3) is 0 Å². The Morgan fingerprint density at radius 3 is 2.66 bits per heavy atom.